The lowest BCUT2D eigenvalue weighted by molar-refractivity contribution is 0.236. The molecule has 2 rings (SSSR count). The summed E-state index contributed by atoms with van der Waals surface area (Å²) in [5.41, 5.74) is 1.22. The van der Waals surface area contributed by atoms with E-state index in [2.05, 4.69) is 15.4 Å². The number of anilines is 1. The predicted octanol–water partition coefficient (Wildman–Crippen LogP) is 2.59. The van der Waals surface area contributed by atoms with E-state index in [0.29, 0.717) is 29.6 Å². The third-order valence-electron chi connectivity index (χ3n) is 3.15. The summed E-state index contributed by atoms with van der Waals surface area (Å²) < 4.78 is 30.3. The SMILES string of the molecule is CS(=O)(=O)Nc1cccc(CNC(=O)NCCOc2ccc(Cl)cc2)c1. The zero-order chi connectivity index (χ0) is 19.0. The van der Waals surface area contributed by atoms with Crippen LogP contribution in [-0.2, 0) is 16.6 Å². The van der Waals surface area contributed by atoms with Crippen LogP contribution in [0.25, 0.3) is 0 Å². The van der Waals surface area contributed by atoms with Crippen LogP contribution >= 0.6 is 11.6 Å². The molecule has 0 aliphatic heterocycles. The van der Waals surface area contributed by atoms with Crippen LogP contribution in [0, 0.1) is 0 Å². The lowest BCUT2D eigenvalue weighted by Crippen LogP contribution is -2.37. The van der Waals surface area contributed by atoms with E-state index in [-0.39, 0.29) is 12.6 Å². The van der Waals surface area contributed by atoms with Crippen molar-refractivity contribution in [2.75, 3.05) is 24.1 Å². The number of hydrogen-bond donors (Lipinski definition) is 3. The number of hydrogen-bond acceptors (Lipinski definition) is 4. The smallest absolute Gasteiger partial charge is 0.315 e. The topological polar surface area (TPSA) is 96.5 Å². The molecule has 26 heavy (non-hydrogen) atoms. The maximum atomic E-state index is 11.8. The first-order chi connectivity index (χ1) is 12.3. The lowest BCUT2D eigenvalue weighted by atomic mass is 10.2. The molecule has 0 radical (unpaired) electrons. The highest BCUT2D eigenvalue weighted by Gasteiger charge is 2.04. The van der Waals surface area contributed by atoms with Crippen LogP contribution in [0.5, 0.6) is 5.75 Å². The van der Waals surface area contributed by atoms with Crippen molar-refractivity contribution in [3.8, 4) is 5.75 Å². The molecular formula is C17H20ClN3O4S. The van der Waals surface area contributed by atoms with Gasteiger partial charge in [-0.15, -0.1) is 0 Å². The number of ether oxygens (including phenoxy) is 1. The monoisotopic (exact) mass is 397 g/mol. The molecule has 0 bridgehead atoms. The summed E-state index contributed by atoms with van der Waals surface area (Å²) in [6, 6.07) is 13.4. The van der Waals surface area contributed by atoms with E-state index < -0.39 is 10.0 Å². The second-order valence-corrected chi connectivity index (χ2v) is 7.67. The maximum Gasteiger partial charge on any atom is 0.315 e. The fraction of sp³-hybridized carbons (Fsp3) is 0.235. The Morgan fingerprint density at radius 1 is 1.12 bits per heavy atom. The minimum absolute atomic E-state index is 0.267. The number of nitrogens with one attached hydrogen (secondary N) is 3. The average Bonchev–Trinajstić information content (AvgIpc) is 2.57. The molecule has 2 aromatic rings. The molecule has 140 valence electrons. The molecular weight excluding hydrogens is 378 g/mol. The number of benzene rings is 2. The van der Waals surface area contributed by atoms with Gasteiger partial charge in [-0.05, 0) is 42.0 Å². The Morgan fingerprint density at radius 2 is 1.85 bits per heavy atom. The summed E-state index contributed by atoms with van der Waals surface area (Å²) in [4.78, 5) is 11.8. The van der Waals surface area contributed by atoms with Gasteiger partial charge in [-0.3, -0.25) is 4.72 Å². The van der Waals surface area contributed by atoms with Crippen molar-refractivity contribution in [3.63, 3.8) is 0 Å². The fourth-order valence-corrected chi connectivity index (χ4v) is 2.75. The highest BCUT2D eigenvalue weighted by molar-refractivity contribution is 7.92. The van der Waals surface area contributed by atoms with Gasteiger partial charge in [0.1, 0.15) is 12.4 Å². The van der Waals surface area contributed by atoms with Crippen molar-refractivity contribution < 1.29 is 17.9 Å². The maximum absolute atomic E-state index is 11.8. The number of carbonyl (C=O) groups is 1. The Kier molecular flexibility index (Phi) is 7.11. The van der Waals surface area contributed by atoms with Gasteiger partial charge in [0, 0.05) is 17.3 Å². The van der Waals surface area contributed by atoms with E-state index >= 15 is 0 Å². The highest BCUT2D eigenvalue weighted by Crippen LogP contribution is 2.15. The first-order valence-corrected chi connectivity index (χ1v) is 10.1. The van der Waals surface area contributed by atoms with Crippen molar-refractivity contribution >= 4 is 33.3 Å². The van der Waals surface area contributed by atoms with Crippen LogP contribution in [0.2, 0.25) is 5.02 Å². The molecule has 0 spiro atoms. The number of sulfonamides is 1. The minimum atomic E-state index is -3.34. The zero-order valence-electron chi connectivity index (χ0n) is 14.2. The van der Waals surface area contributed by atoms with Gasteiger partial charge in [-0.1, -0.05) is 23.7 Å². The molecule has 0 saturated carbocycles. The van der Waals surface area contributed by atoms with Gasteiger partial charge in [-0.2, -0.15) is 0 Å². The van der Waals surface area contributed by atoms with E-state index in [0.717, 1.165) is 11.8 Å². The lowest BCUT2D eigenvalue weighted by Gasteiger charge is -2.10. The van der Waals surface area contributed by atoms with Crippen LogP contribution in [0.1, 0.15) is 5.56 Å². The first-order valence-electron chi connectivity index (χ1n) is 7.79. The molecule has 2 amide bonds. The molecule has 0 aliphatic rings. The van der Waals surface area contributed by atoms with Gasteiger partial charge < -0.3 is 15.4 Å². The van der Waals surface area contributed by atoms with Gasteiger partial charge in [-0.25, -0.2) is 13.2 Å². The largest absolute Gasteiger partial charge is 0.492 e. The van der Waals surface area contributed by atoms with Crippen molar-refractivity contribution in [3.05, 3.63) is 59.1 Å². The first kappa shape index (κ1) is 19.9. The van der Waals surface area contributed by atoms with Crippen molar-refractivity contribution in [1.82, 2.24) is 10.6 Å². The summed E-state index contributed by atoms with van der Waals surface area (Å²) in [7, 11) is -3.34. The predicted molar refractivity (Wildman–Crippen MR) is 102 cm³/mol. The fourth-order valence-electron chi connectivity index (χ4n) is 2.07. The number of carbonyl (C=O) groups excluding carboxylic acids is 1. The molecule has 0 aliphatic carbocycles. The molecule has 0 saturated heterocycles. The van der Waals surface area contributed by atoms with Crippen LogP contribution in [0.4, 0.5) is 10.5 Å². The van der Waals surface area contributed by atoms with E-state index in [1.807, 2.05) is 0 Å². The van der Waals surface area contributed by atoms with Crippen molar-refractivity contribution in [2.45, 2.75) is 6.54 Å². The Hall–Kier alpha value is -2.45. The molecule has 0 unspecified atom stereocenters. The summed E-state index contributed by atoms with van der Waals surface area (Å²) in [5.74, 6) is 0.673. The molecule has 7 nitrogen and oxygen atoms in total. The van der Waals surface area contributed by atoms with Crippen LogP contribution < -0.4 is 20.1 Å². The summed E-state index contributed by atoms with van der Waals surface area (Å²) >= 11 is 5.79. The molecule has 2 aromatic carbocycles. The minimum Gasteiger partial charge on any atom is -0.492 e. The van der Waals surface area contributed by atoms with Gasteiger partial charge in [0.2, 0.25) is 10.0 Å². The second-order valence-electron chi connectivity index (χ2n) is 5.49. The normalized spacial score (nSPS) is 10.8. The van der Waals surface area contributed by atoms with Gasteiger partial charge in [0.05, 0.1) is 12.8 Å². The zero-order valence-corrected chi connectivity index (χ0v) is 15.7. The third kappa shape index (κ3) is 7.62. The summed E-state index contributed by atoms with van der Waals surface area (Å²) in [5, 5.41) is 6.00. The van der Waals surface area contributed by atoms with Gasteiger partial charge >= 0.3 is 6.03 Å². The number of halogens is 1. The molecule has 0 aromatic heterocycles. The van der Waals surface area contributed by atoms with E-state index in [4.69, 9.17) is 16.3 Å². The number of amides is 2. The third-order valence-corrected chi connectivity index (χ3v) is 4.01. The van der Waals surface area contributed by atoms with Gasteiger partial charge in [0.15, 0.2) is 0 Å². The van der Waals surface area contributed by atoms with Crippen LogP contribution in [0.15, 0.2) is 48.5 Å². The van der Waals surface area contributed by atoms with Gasteiger partial charge in [0.25, 0.3) is 0 Å². The number of urea groups is 1. The number of rotatable bonds is 8. The summed E-state index contributed by atoms with van der Waals surface area (Å²) in [6.45, 7) is 0.927. The van der Waals surface area contributed by atoms with E-state index in [1.54, 1.807) is 48.5 Å². The highest BCUT2D eigenvalue weighted by atomic mass is 35.5. The summed E-state index contributed by atoms with van der Waals surface area (Å²) in [6.07, 6.45) is 1.08. The second kappa shape index (κ2) is 9.30. The molecule has 3 N–H and O–H groups in total. The molecule has 0 atom stereocenters. The molecule has 9 heteroatoms. The molecule has 0 fully saturated rings. The Morgan fingerprint density at radius 3 is 2.54 bits per heavy atom. The molecule has 0 heterocycles. The van der Waals surface area contributed by atoms with Crippen LogP contribution in [0.3, 0.4) is 0 Å². The van der Waals surface area contributed by atoms with Crippen molar-refractivity contribution in [1.29, 1.82) is 0 Å². The average molecular weight is 398 g/mol. The quantitative estimate of drug-likeness (QED) is 0.596. The van der Waals surface area contributed by atoms with E-state index in [1.165, 1.54) is 0 Å². The Balaban J connectivity index is 1.70. The Labute approximate surface area is 157 Å². The van der Waals surface area contributed by atoms with Crippen LogP contribution in [-0.4, -0.2) is 33.9 Å². The van der Waals surface area contributed by atoms with Crippen molar-refractivity contribution in [2.24, 2.45) is 0 Å². The standard InChI is InChI=1S/C17H20ClN3O4S/c1-26(23,24)21-15-4-2-3-13(11-15)12-20-17(22)19-9-10-25-16-7-5-14(18)6-8-16/h2-8,11,21H,9-10,12H2,1H3,(H2,19,20,22). The van der Waals surface area contributed by atoms with E-state index in [9.17, 15) is 13.2 Å². The Bertz CT molecular complexity index is 841.